The maximum absolute atomic E-state index is 9.14. The van der Waals surface area contributed by atoms with Gasteiger partial charge in [-0.05, 0) is 0 Å². The van der Waals surface area contributed by atoms with Crippen molar-refractivity contribution in [2.75, 3.05) is 0 Å². The van der Waals surface area contributed by atoms with Crippen molar-refractivity contribution in [1.82, 2.24) is 0 Å². The first-order valence-corrected chi connectivity index (χ1v) is 2.49. The molecule has 0 aromatic heterocycles. The molecule has 0 aromatic rings. The van der Waals surface area contributed by atoms with Crippen LogP contribution in [0.2, 0.25) is 0 Å². The summed E-state index contributed by atoms with van der Waals surface area (Å²) >= 11 is -3.42. The van der Waals surface area contributed by atoms with Crippen LogP contribution in [-0.4, -0.2) is 0 Å². The third kappa shape index (κ3) is 4.10. The third-order valence-corrected chi connectivity index (χ3v) is 0.355. The minimum atomic E-state index is -3.42. The van der Waals surface area contributed by atoms with Crippen LogP contribution in [0.25, 0.3) is 0 Å². The summed E-state index contributed by atoms with van der Waals surface area (Å²) in [6.07, 6.45) is 0. The molecule has 0 aliphatic carbocycles. The Morgan fingerprint density at radius 2 is 1.80 bits per heavy atom. The predicted octanol–water partition coefficient (Wildman–Crippen LogP) is -0.899. The van der Waals surface area contributed by atoms with E-state index in [2.05, 4.69) is 9.66 Å². The molecular formula is H2NO3V. The molecule has 30 valence electrons. The first-order chi connectivity index (χ1) is 2.27. The first-order valence-electron chi connectivity index (χ1n) is 0.783. The van der Waals surface area contributed by atoms with E-state index in [-0.39, 0.29) is 0 Å². The van der Waals surface area contributed by atoms with Gasteiger partial charge in [-0.1, -0.05) is 0 Å². The number of hydrogen-bond donors (Lipinski definition) is 1. The van der Waals surface area contributed by atoms with E-state index in [1.54, 1.807) is 0 Å². The number of rotatable bonds is 1. The molecule has 0 aliphatic rings. The second-order valence-corrected chi connectivity index (χ2v) is 1.36. The monoisotopic (exact) mass is 115 g/mol. The Morgan fingerprint density at radius 1 is 1.60 bits per heavy atom. The molecular weight excluding hydrogens is 113 g/mol. The van der Waals surface area contributed by atoms with Gasteiger partial charge in [-0.2, -0.15) is 0 Å². The number of hydrogen-bond acceptors (Lipinski definition) is 4. The van der Waals surface area contributed by atoms with Gasteiger partial charge < -0.3 is 0 Å². The molecule has 0 rings (SSSR count). The third-order valence-electron chi connectivity index (χ3n) is 0.0861. The van der Waals surface area contributed by atoms with Gasteiger partial charge in [0.1, 0.15) is 0 Å². The SMILES string of the molecule is N[O][V](=[O])=[O]. The van der Waals surface area contributed by atoms with E-state index >= 15 is 0 Å². The van der Waals surface area contributed by atoms with E-state index in [4.69, 9.17) is 7.35 Å². The Labute approximate surface area is 33.2 Å². The van der Waals surface area contributed by atoms with Gasteiger partial charge in [-0.25, -0.2) is 0 Å². The van der Waals surface area contributed by atoms with Crippen molar-refractivity contribution in [2.24, 2.45) is 5.90 Å². The molecule has 5 heteroatoms. The van der Waals surface area contributed by atoms with E-state index in [0.717, 1.165) is 0 Å². The van der Waals surface area contributed by atoms with Crippen molar-refractivity contribution < 1.29 is 26.5 Å². The van der Waals surface area contributed by atoms with Crippen LogP contribution in [0.5, 0.6) is 0 Å². The molecule has 5 heavy (non-hydrogen) atoms. The van der Waals surface area contributed by atoms with Crippen molar-refractivity contribution in [3.05, 3.63) is 0 Å². The average molecular weight is 115 g/mol. The summed E-state index contributed by atoms with van der Waals surface area (Å²) in [7, 11) is 0. The van der Waals surface area contributed by atoms with E-state index in [0.29, 0.717) is 0 Å². The van der Waals surface area contributed by atoms with Gasteiger partial charge in [0, 0.05) is 0 Å². The Hall–Kier alpha value is 0.104. The number of nitrogens with two attached hydrogens (primary N) is 1. The van der Waals surface area contributed by atoms with E-state index < -0.39 is 15.4 Å². The summed E-state index contributed by atoms with van der Waals surface area (Å²) in [4.78, 5) is 0. The maximum atomic E-state index is 9.14. The fourth-order valence-electron chi connectivity index (χ4n) is 0. The van der Waals surface area contributed by atoms with Crippen LogP contribution in [0.1, 0.15) is 0 Å². The Morgan fingerprint density at radius 3 is 1.80 bits per heavy atom. The zero-order valence-corrected chi connectivity index (χ0v) is 3.65. The van der Waals surface area contributed by atoms with Crippen LogP contribution in [0, 0.1) is 0 Å². The first kappa shape index (κ1) is 5.10. The fraction of sp³-hybridized carbons (Fsp3) is 0. The second-order valence-electron chi connectivity index (χ2n) is 0.329. The van der Waals surface area contributed by atoms with Gasteiger partial charge in [0.25, 0.3) is 0 Å². The van der Waals surface area contributed by atoms with Crippen molar-refractivity contribution in [2.45, 2.75) is 0 Å². The molecule has 0 bridgehead atoms. The second kappa shape index (κ2) is 2.35. The van der Waals surface area contributed by atoms with Crippen LogP contribution < -0.4 is 5.90 Å². The molecule has 0 amide bonds. The zero-order valence-electron chi connectivity index (χ0n) is 2.25. The quantitative estimate of drug-likeness (QED) is 0.449. The Kier molecular flexibility index (Phi) is 2.40. The van der Waals surface area contributed by atoms with Gasteiger partial charge in [-0.15, -0.1) is 0 Å². The molecule has 0 heterocycles. The van der Waals surface area contributed by atoms with E-state index in [1.807, 2.05) is 0 Å². The summed E-state index contributed by atoms with van der Waals surface area (Å²) in [5, 5.41) is 0. The zero-order chi connectivity index (χ0) is 4.28. The van der Waals surface area contributed by atoms with Gasteiger partial charge in [0.05, 0.1) is 0 Å². The summed E-state index contributed by atoms with van der Waals surface area (Å²) in [6, 6.07) is 0. The molecule has 0 saturated carbocycles. The van der Waals surface area contributed by atoms with E-state index in [1.165, 1.54) is 0 Å². The predicted molar refractivity (Wildman–Crippen MR) is 6.65 cm³/mol. The molecule has 0 spiro atoms. The Bertz CT molecular complexity index is 65.0. The topological polar surface area (TPSA) is 69.4 Å². The molecule has 0 saturated heterocycles. The average Bonchev–Trinajstić information content (AvgIpc) is 1.38. The standard InChI is InChI=1S/H2NO.2O.V/c1-2;;;/h1H2;;;/q-1;;;+1. The molecule has 0 fully saturated rings. The van der Waals surface area contributed by atoms with Gasteiger partial charge >= 0.3 is 32.4 Å². The molecule has 0 unspecified atom stereocenters. The molecule has 0 aromatic carbocycles. The summed E-state index contributed by atoms with van der Waals surface area (Å²) in [5.74, 6) is 4.11. The van der Waals surface area contributed by atoms with Crippen LogP contribution in [0.3, 0.4) is 0 Å². The molecule has 0 aliphatic heterocycles. The van der Waals surface area contributed by atoms with Crippen molar-refractivity contribution in [3.8, 4) is 0 Å². The van der Waals surface area contributed by atoms with Gasteiger partial charge in [-0.3, -0.25) is 0 Å². The summed E-state index contributed by atoms with van der Waals surface area (Å²) < 4.78 is 21.6. The van der Waals surface area contributed by atoms with Crippen LogP contribution in [0.15, 0.2) is 0 Å². The van der Waals surface area contributed by atoms with Crippen LogP contribution in [0.4, 0.5) is 0 Å². The molecule has 2 N–H and O–H groups in total. The van der Waals surface area contributed by atoms with Gasteiger partial charge in [0.15, 0.2) is 0 Å². The Balaban J connectivity index is 3.23. The van der Waals surface area contributed by atoms with Crippen LogP contribution >= 0.6 is 0 Å². The normalized spacial score (nSPS) is 7.40. The van der Waals surface area contributed by atoms with Crippen molar-refractivity contribution >= 4 is 0 Å². The summed E-state index contributed by atoms with van der Waals surface area (Å²) in [6.45, 7) is 0. The van der Waals surface area contributed by atoms with Crippen molar-refractivity contribution in [3.63, 3.8) is 0 Å². The minimum absolute atomic E-state index is 3.28. The molecule has 4 nitrogen and oxygen atoms in total. The van der Waals surface area contributed by atoms with E-state index in [9.17, 15) is 0 Å². The van der Waals surface area contributed by atoms with Crippen LogP contribution in [-0.2, 0) is 26.5 Å². The molecule has 0 atom stereocenters. The van der Waals surface area contributed by atoms with Crippen molar-refractivity contribution in [1.29, 1.82) is 0 Å². The summed E-state index contributed by atoms with van der Waals surface area (Å²) in [5.41, 5.74) is 0. The van der Waals surface area contributed by atoms with Gasteiger partial charge in [0.2, 0.25) is 0 Å². The molecule has 0 radical (unpaired) electrons. The fourth-order valence-corrected chi connectivity index (χ4v) is 0.